The van der Waals surface area contributed by atoms with Gasteiger partial charge in [0, 0.05) is 18.7 Å². The molecule has 1 aliphatic carbocycles. The van der Waals surface area contributed by atoms with E-state index in [1.54, 1.807) is 0 Å². The van der Waals surface area contributed by atoms with Gasteiger partial charge in [0.2, 0.25) is 5.91 Å². The highest BCUT2D eigenvalue weighted by Crippen LogP contribution is 2.18. The maximum Gasteiger partial charge on any atom is 0.234 e. The third-order valence-corrected chi connectivity index (χ3v) is 3.05. The summed E-state index contributed by atoms with van der Waals surface area (Å²) in [5.41, 5.74) is 0. The molecule has 0 spiro atoms. The summed E-state index contributed by atoms with van der Waals surface area (Å²) in [6.07, 6.45) is 4.84. The molecule has 0 radical (unpaired) electrons. The van der Waals surface area contributed by atoms with Gasteiger partial charge in [0.1, 0.15) is 0 Å². The van der Waals surface area contributed by atoms with E-state index in [2.05, 4.69) is 17.6 Å². The van der Waals surface area contributed by atoms with E-state index >= 15 is 0 Å². The van der Waals surface area contributed by atoms with Crippen molar-refractivity contribution in [2.75, 3.05) is 13.2 Å². The summed E-state index contributed by atoms with van der Waals surface area (Å²) in [7, 11) is 0. The fraction of sp³-hybridized carbons (Fsp3) is 0.909. The molecule has 0 bridgehead atoms. The molecule has 2 rings (SSSR count). The van der Waals surface area contributed by atoms with Crippen LogP contribution in [0.4, 0.5) is 0 Å². The van der Waals surface area contributed by atoms with Gasteiger partial charge in [0.15, 0.2) is 0 Å². The van der Waals surface area contributed by atoms with Gasteiger partial charge in [0.05, 0.1) is 12.6 Å². The fourth-order valence-corrected chi connectivity index (χ4v) is 1.89. The summed E-state index contributed by atoms with van der Waals surface area (Å²) >= 11 is 0. The van der Waals surface area contributed by atoms with Crippen LogP contribution in [0.3, 0.4) is 0 Å². The van der Waals surface area contributed by atoms with Crippen LogP contribution in [0.25, 0.3) is 0 Å². The number of carbonyl (C=O) groups excluding carboxylic acids is 1. The maximum atomic E-state index is 11.4. The molecule has 86 valence electrons. The van der Waals surface area contributed by atoms with E-state index in [1.165, 1.54) is 0 Å². The zero-order valence-electron chi connectivity index (χ0n) is 9.29. The lowest BCUT2D eigenvalue weighted by molar-refractivity contribution is -0.120. The molecule has 2 atom stereocenters. The van der Waals surface area contributed by atoms with Gasteiger partial charge in [-0.15, -0.1) is 0 Å². The SMILES string of the molecule is CC(NCC(=O)NC1CC1)C1CCCO1. The van der Waals surface area contributed by atoms with E-state index in [0.717, 1.165) is 32.3 Å². The normalized spacial score (nSPS) is 27.7. The van der Waals surface area contributed by atoms with E-state index in [-0.39, 0.29) is 11.9 Å². The van der Waals surface area contributed by atoms with Crippen LogP contribution in [0.5, 0.6) is 0 Å². The van der Waals surface area contributed by atoms with Crippen LogP contribution >= 0.6 is 0 Å². The van der Waals surface area contributed by atoms with E-state index in [1.807, 2.05) is 0 Å². The van der Waals surface area contributed by atoms with Gasteiger partial charge in [-0.1, -0.05) is 0 Å². The average Bonchev–Trinajstić information content (AvgIpc) is 2.86. The van der Waals surface area contributed by atoms with Gasteiger partial charge < -0.3 is 15.4 Å². The third kappa shape index (κ3) is 3.47. The number of ether oxygens (including phenoxy) is 1. The predicted octanol–water partition coefficient (Wildman–Crippen LogP) is 0.422. The first-order valence-electron chi connectivity index (χ1n) is 5.90. The lowest BCUT2D eigenvalue weighted by atomic mass is 10.1. The van der Waals surface area contributed by atoms with Crippen LogP contribution in [-0.4, -0.2) is 37.2 Å². The van der Waals surface area contributed by atoms with E-state index in [0.29, 0.717) is 18.7 Å². The monoisotopic (exact) mass is 212 g/mol. The Hall–Kier alpha value is -0.610. The van der Waals surface area contributed by atoms with Crippen molar-refractivity contribution in [1.29, 1.82) is 0 Å². The number of nitrogens with one attached hydrogen (secondary N) is 2. The van der Waals surface area contributed by atoms with Gasteiger partial charge in [-0.25, -0.2) is 0 Å². The van der Waals surface area contributed by atoms with E-state index < -0.39 is 0 Å². The van der Waals surface area contributed by atoms with Crippen LogP contribution in [0.15, 0.2) is 0 Å². The van der Waals surface area contributed by atoms with Crippen LogP contribution in [0.1, 0.15) is 32.6 Å². The second-order valence-corrected chi connectivity index (χ2v) is 4.56. The molecule has 2 fully saturated rings. The molecule has 0 aromatic carbocycles. The Kier molecular flexibility index (Phi) is 3.59. The van der Waals surface area contributed by atoms with Crippen molar-refractivity contribution in [2.24, 2.45) is 0 Å². The Morgan fingerprint density at radius 1 is 1.47 bits per heavy atom. The van der Waals surface area contributed by atoms with Crippen LogP contribution in [-0.2, 0) is 9.53 Å². The lowest BCUT2D eigenvalue weighted by Gasteiger charge is -2.19. The molecule has 0 aromatic heterocycles. The molecule has 0 aromatic rings. The van der Waals surface area contributed by atoms with Crippen molar-refractivity contribution in [3.05, 3.63) is 0 Å². The lowest BCUT2D eigenvalue weighted by Crippen LogP contribution is -2.43. The Balaban J connectivity index is 1.60. The van der Waals surface area contributed by atoms with Gasteiger partial charge in [-0.05, 0) is 32.6 Å². The van der Waals surface area contributed by atoms with Crippen molar-refractivity contribution in [3.8, 4) is 0 Å². The second kappa shape index (κ2) is 4.94. The number of hydrogen-bond donors (Lipinski definition) is 2. The smallest absolute Gasteiger partial charge is 0.234 e. The van der Waals surface area contributed by atoms with Crippen LogP contribution < -0.4 is 10.6 Å². The molecule has 2 N–H and O–H groups in total. The zero-order valence-corrected chi connectivity index (χ0v) is 9.29. The highest BCUT2D eigenvalue weighted by atomic mass is 16.5. The van der Waals surface area contributed by atoms with E-state index in [4.69, 9.17) is 4.74 Å². The minimum atomic E-state index is 0.113. The number of amides is 1. The quantitative estimate of drug-likeness (QED) is 0.694. The first-order valence-corrected chi connectivity index (χ1v) is 5.90. The Morgan fingerprint density at radius 3 is 2.87 bits per heavy atom. The molecule has 1 heterocycles. The number of rotatable bonds is 5. The summed E-state index contributed by atoms with van der Waals surface area (Å²) in [5.74, 6) is 0.113. The highest BCUT2D eigenvalue weighted by molar-refractivity contribution is 5.78. The summed E-state index contributed by atoms with van der Waals surface area (Å²) in [6, 6.07) is 0.731. The predicted molar refractivity (Wildman–Crippen MR) is 57.6 cm³/mol. The molecule has 15 heavy (non-hydrogen) atoms. The highest BCUT2D eigenvalue weighted by Gasteiger charge is 2.25. The molecule has 1 saturated carbocycles. The minimum Gasteiger partial charge on any atom is -0.377 e. The second-order valence-electron chi connectivity index (χ2n) is 4.56. The van der Waals surface area contributed by atoms with Crippen molar-refractivity contribution >= 4 is 5.91 Å². The van der Waals surface area contributed by atoms with Crippen molar-refractivity contribution in [1.82, 2.24) is 10.6 Å². The molecular formula is C11H20N2O2. The van der Waals surface area contributed by atoms with Crippen LogP contribution in [0, 0.1) is 0 Å². The summed E-state index contributed by atoms with van der Waals surface area (Å²) in [5, 5.41) is 6.18. The minimum absolute atomic E-state index is 0.113. The van der Waals surface area contributed by atoms with Crippen LogP contribution in [0.2, 0.25) is 0 Å². The fourth-order valence-electron chi connectivity index (χ4n) is 1.89. The number of hydrogen-bond acceptors (Lipinski definition) is 3. The maximum absolute atomic E-state index is 11.4. The van der Waals surface area contributed by atoms with E-state index in [9.17, 15) is 4.79 Å². The Labute approximate surface area is 90.8 Å². The largest absolute Gasteiger partial charge is 0.377 e. The third-order valence-electron chi connectivity index (χ3n) is 3.05. The molecule has 4 nitrogen and oxygen atoms in total. The first kappa shape index (κ1) is 10.9. The van der Waals surface area contributed by atoms with Gasteiger partial charge in [-0.3, -0.25) is 4.79 Å². The Bertz CT molecular complexity index is 223. The van der Waals surface area contributed by atoms with Crippen molar-refractivity contribution in [3.63, 3.8) is 0 Å². The van der Waals surface area contributed by atoms with Crippen molar-refractivity contribution < 1.29 is 9.53 Å². The Morgan fingerprint density at radius 2 is 2.27 bits per heavy atom. The molecule has 2 aliphatic rings. The topological polar surface area (TPSA) is 50.4 Å². The molecule has 1 amide bonds. The average molecular weight is 212 g/mol. The summed E-state index contributed by atoms with van der Waals surface area (Å²) < 4.78 is 5.55. The van der Waals surface area contributed by atoms with Gasteiger partial charge in [0.25, 0.3) is 0 Å². The summed E-state index contributed by atoms with van der Waals surface area (Å²) in [6.45, 7) is 3.36. The molecule has 1 saturated heterocycles. The zero-order chi connectivity index (χ0) is 10.7. The number of carbonyl (C=O) groups is 1. The molecular weight excluding hydrogens is 192 g/mol. The van der Waals surface area contributed by atoms with Gasteiger partial charge in [-0.2, -0.15) is 0 Å². The molecule has 2 unspecified atom stereocenters. The molecule has 1 aliphatic heterocycles. The summed E-state index contributed by atoms with van der Waals surface area (Å²) in [4.78, 5) is 11.4. The first-order chi connectivity index (χ1) is 7.25. The standard InChI is InChI=1S/C11H20N2O2/c1-8(10-3-2-6-15-10)12-7-11(14)13-9-4-5-9/h8-10,12H,2-7H2,1H3,(H,13,14). The van der Waals surface area contributed by atoms with Crippen molar-refractivity contribution in [2.45, 2.75) is 50.8 Å². The molecule has 4 heteroatoms. The van der Waals surface area contributed by atoms with Gasteiger partial charge >= 0.3 is 0 Å².